The molecule has 1 aliphatic rings. The van der Waals surface area contributed by atoms with E-state index in [9.17, 15) is 14.4 Å². The standard InChI is InChI=1S/C29H26ClFN4O5/c1-34-17-21(20-8-2-3-10-23(20)34)27(37)33-26-18(7-6-9-22(26)30)15-24(36)29(31,35-13-4-5-14-35)40-25-12-11-19(16-32-25)28(38)39/h2-3,6-12,16-17H,4-5,13-15H2,1H3,(H,33,37)(H,38,39). The molecule has 4 aromatic rings. The molecule has 2 aromatic heterocycles. The summed E-state index contributed by atoms with van der Waals surface area (Å²) in [6.07, 6.45) is 3.66. The third kappa shape index (κ3) is 5.28. The lowest BCUT2D eigenvalue weighted by atomic mass is 10.0. The Bertz CT molecular complexity index is 1600. The van der Waals surface area contributed by atoms with Crippen molar-refractivity contribution in [1.82, 2.24) is 14.5 Å². The Morgan fingerprint density at radius 3 is 2.55 bits per heavy atom. The molecule has 206 valence electrons. The number of aromatic nitrogens is 2. The summed E-state index contributed by atoms with van der Waals surface area (Å²) in [7, 11) is 1.84. The van der Waals surface area contributed by atoms with Crippen LogP contribution in [0.2, 0.25) is 5.02 Å². The zero-order chi connectivity index (χ0) is 28.4. The number of pyridine rings is 1. The van der Waals surface area contributed by atoms with E-state index < -0.39 is 30.1 Å². The zero-order valence-electron chi connectivity index (χ0n) is 21.6. The summed E-state index contributed by atoms with van der Waals surface area (Å²) in [6.45, 7) is 0.575. The van der Waals surface area contributed by atoms with Gasteiger partial charge in [-0.3, -0.25) is 9.59 Å². The number of alkyl halides is 1. The first-order valence-electron chi connectivity index (χ1n) is 12.7. The number of nitrogens with one attached hydrogen (secondary N) is 1. The average Bonchev–Trinajstić information content (AvgIpc) is 3.60. The lowest BCUT2D eigenvalue weighted by Gasteiger charge is -2.32. The van der Waals surface area contributed by atoms with E-state index in [1.54, 1.807) is 24.4 Å². The Labute approximate surface area is 234 Å². The third-order valence-corrected chi connectivity index (χ3v) is 7.23. The molecule has 2 aromatic carbocycles. The minimum Gasteiger partial charge on any atom is -0.478 e. The minimum atomic E-state index is -2.87. The number of ether oxygens (including phenoxy) is 1. The number of anilines is 1. The molecule has 9 nitrogen and oxygen atoms in total. The number of Topliss-reactive ketones (excluding diaryl/α,β-unsaturated/α-hetero) is 1. The number of rotatable bonds is 9. The molecular formula is C29H26ClFN4O5. The van der Waals surface area contributed by atoms with Crippen LogP contribution < -0.4 is 10.1 Å². The van der Waals surface area contributed by atoms with Gasteiger partial charge in [-0.25, -0.2) is 14.7 Å². The number of likely N-dealkylation sites (tertiary alicyclic amines) is 1. The van der Waals surface area contributed by atoms with Crippen molar-refractivity contribution in [3.05, 3.63) is 88.7 Å². The molecule has 0 aliphatic carbocycles. The first kappa shape index (κ1) is 27.3. The quantitative estimate of drug-likeness (QED) is 0.272. The van der Waals surface area contributed by atoms with Crippen LogP contribution in [0, 0.1) is 0 Å². The number of fused-ring (bicyclic) bond motifs is 1. The number of ketones is 1. The first-order chi connectivity index (χ1) is 19.2. The number of carboxylic acid groups (broad SMARTS) is 1. The molecule has 1 amide bonds. The van der Waals surface area contributed by atoms with Gasteiger partial charge in [0.15, 0.2) is 0 Å². The number of amides is 1. The molecule has 0 bridgehead atoms. The lowest BCUT2D eigenvalue weighted by Crippen LogP contribution is -2.55. The highest BCUT2D eigenvalue weighted by atomic mass is 35.5. The maximum Gasteiger partial charge on any atom is 0.372 e. The Morgan fingerprint density at radius 2 is 1.85 bits per heavy atom. The van der Waals surface area contributed by atoms with Crippen molar-refractivity contribution in [2.24, 2.45) is 7.05 Å². The second kappa shape index (κ2) is 11.1. The summed E-state index contributed by atoms with van der Waals surface area (Å²) in [6, 6.07) is 14.6. The van der Waals surface area contributed by atoms with Crippen molar-refractivity contribution in [2.75, 3.05) is 18.4 Å². The van der Waals surface area contributed by atoms with Gasteiger partial charge < -0.3 is 19.7 Å². The Kier molecular flexibility index (Phi) is 7.55. The number of nitrogens with zero attached hydrogens (tertiary/aromatic N) is 3. The first-order valence-corrected chi connectivity index (χ1v) is 13.0. The summed E-state index contributed by atoms with van der Waals surface area (Å²) in [5, 5.41) is 12.9. The van der Waals surface area contributed by atoms with Crippen LogP contribution in [0.5, 0.6) is 5.88 Å². The van der Waals surface area contributed by atoms with Crippen LogP contribution in [0.15, 0.2) is 67.0 Å². The molecule has 40 heavy (non-hydrogen) atoms. The molecule has 1 unspecified atom stereocenters. The van der Waals surface area contributed by atoms with Crippen LogP contribution in [0.3, 0.4) is 0 Å². The molecule has 0 spiro atoms. The van der Waals surface area contributed by atoms with Crippen LogP contribution in [-0.4, -0.2) is 56.3 Å². The van der Waals surface area contributed by atoms with Crippen molar-refractivity contribution in [1.29, 1.82) is 0 Å². The van der Waals surface area contributed by atoms with E-state index >= 15 is 4.39 Å². The number of halogens is 2. The van der Waals surface area contributed by atoms with Crippen LogP contribution in [0.1, 0.15) is 39.1 Å². The van der Waals surface area contributed by atoms with Gasteiger partial charge >= 0.3 is 11.9 Å². The molecule has 5 rings (SSSR count). The SMILES string of the molecule is Cn1cc(C(=O)Nc2c(Cl)cccc2CC(=O)C(F)(Oc2ccc(C(=O)O)cn2)N2CCCC2)c2ccccc21. The molecule has 3 heterocycles. The van der Waals surface area contributed by atoms with E-state index in [2.05, 4.69) is 10.3 Å². The van der Waals surface area contributed by atoms with E-state index in [4.69, 9.17) is 21.4 Å². The van der Waals surface area contributed by atoms with Gasteiger partial charge in [0.05, 0.1) is 21.8 Å². The van der Waals surface area contributed by atoms with Gasteiger partial charge in [0.1, 0.15) is 0 Å². The summed E-state index contributed by atoms with van der Waals surface area (Å²) in [5.74, 6) is -5.64. The topological polar surface area (TPSA) is 114 Å². The van der Waals surface area contributed by atoms with Gasteiger partial charge in [0.25, 0.3) is 5.91 Å². The van der Waals surface area contributed by atoms with Crippen LogP contribution >= 0.6 is 11.6 Å². The number of carbonyl (C=O) groups excluding carboxylic acids is 2. The van der Waals surface area contributed by atoms with Crippen LogP contribution in [0.4, 0.5) is 10.1 Å². The predicted molar refractivity (Wildman–Crippen MR) is 148 cm³/mol. The van der Waals surface area contributed by atoms with Crippen molar-refractivity contribution in [3.8, 4) is 5.88 Å². The summed E-state index contributed by atoms with van der Waals surface area (Å²) >= 11 is 6.45. The fourth-order valence-electron chi connectivity index (χ4n) is 4.85. The highest BCUT2D eigenvalue weighted by molar-refractivity contribution is 6.34. The largest absolute Gasteiger partial charge is 0.478 e. The molecule has 11 heteroatoms. The highest BCUT2D eigenvalue weighted by Crippen LogP contribution is 2.33. The van der Waals surface area contributed by atoms with Crippen molar-refractivity contribution >= 4 is 45.9 Å². The minimum absolute atomic E-state index is 0.102. The van der Waals surface area contributed by atoms with Crippen LogP contribution in [-0.2, 0) is 18.3 Å². The number of carbonyl (C=O) groups is 3. The molecule has 1 saturated heterocycles. The predicted octanol–water partition coefficient (Wildman–Crippen LogP) is 5.09. The van der Waals surface area contributed by atoms with Crippen molar-refractivity contribution in [2.45, 2.75) is 25.2 Å². The maximum atomic E-state index is 16.5. The monoisotopic (exact) mass is 564 g/mol. The second-order valence-electron chi connectivity index (χ2n) is 9.55. The number of hydrogen-bond donors (Lipinski definition) is 2. The van der Waals surface area contributed by atoms with E-state index in [0.717, 1.165) is 17.1 Å². The average molecular weight is 565 g/mol. The number of benzene rings is 2. The van der Waals surface area contributed by atoms with Gasteiger partial charge in [-0.2, -0.15) is 4.39 Å². The molecule has 1 fully saturated rings. The summed E-state index contributed by atoms with van der Waals surface area (Å²) in [4.78, 5) is 43.2. The number of aromatic carboxylic acids is 1. The van der Waals surface area contributed by atoms with Crippen molar-refractivity contribution in [3.63, 3.8) is 0 Å². The molecule has 1 atom stereocenters. The van der Waals surface area contributed by atoms with Gasteiger partial charge in [0.2, 0.25) is 11.7 Å². The molecule has 0 radical (unpaired) electrons. The molecule has 2 N–H and O–H groups in total. The zero-order valence-corrected chi connectivity index (χ0v) is 22.3. The molecule has 1 aliphatic heterocycles. The van der Waals surface area contributed by atoms with Crippen molar-refractivity contribution < 1.29 is 28.6 Å². The van der Waals surface area contributed by atoms with E-state index in [-0.39, 0.29) is 35.2 Å². The number of hydrogen-bond acceptors (Lipinski definition) is 6. The van der Waals surface area contributed by atoms with E-state index in [1.165, 1.54) is 17.0 Å². The summed E-state index contributed by atoms with van der Waals surface area (Å²) < 4.78 is 23.9. The molecule has 0 saturated carbocycles. The van der Waals surface area contributed by atoms with Crippen LogP contribution in [0.25, 0.3) is 10.9 Å². The van der Waals surface area contributed by atoms with Gasteiger partial charge in [-0.1, -0.05) is 41.9 Å². The van der Waals surface area contributed by atoms with Gasteiger partial charge in [-0.05, 0) is 36.6 Å². The number of aryl methyl sites for hydroxylation is 1. The normalized spacial score (nSPS) is 15.1. The smallest absolute Gasteiger partial charge is 0.372 e. The fourth-order valence-corrected chi connectivity index (χ4v) is 5.09. The Balaban J connectivity index is 1.43. The Morgan fingerprint density at radius 1 is 1.10 bits per heavy atom. The maximum absolute atomic E-state index is 16.5. The second-order valence-corrected chi connectivity index (χ2v) is 9.95. The van der Waals surface area contributed by atoms with E-state index in [0.29, 0.717) is 24.0 Å². The fraction of sp³-hybridized carbons (Fsp3) is 0.241. The lowest BCUT2D eigenvalue weighted by molar-refractivity contribution is -0.192. The third-order valence-electron chi connectivity index (χ3n) is 6.91. The van der Waals surface area contributed by atoms with E-state index in [1.807, 2.05) is 35.9 Å². The van der Waals surface area contributed by atoms with Gasteiger partial charge in [-0.15, -0.1) is 0 Å². The summed E-state index contributed by atoms with van der Waals surface area (Å²) in [5.41, 5.74) is 1.70. The number of para-hydroxylation sites is 2. The Hall–Kier alpha value is -4.28. The molecular weight excluding hydrogens is 539 g/mol. The number of carboxylic acids is 1. The van der Waals surface area contributed by atoms with Gasteiger partial charge in [0, 0.05) is 55.9 Å². The highest BCUT2D eigenvalue weighted by Gasteiger charge is 2.48.